The minimum absolute atomic E-state index is 0.0490. The van der Waals surface area contributed by atoms with E-state index in [-0.39, 0.29) is 18.0 Å². The first-order valence-corrected chi connectivity index (χ1v) is 11.9. The second-order valence-corrected chi connectivity index (χ2v) is 9.13. The van der Waals surface area contributed by atoms with E-state index in [1.807, 2.05) is 36.4 Å². The Morgan fingerprint density at radius 1 is 1.09 bits per heavy atom. The Morgan fingerprint density at radius 3 is 2.50 bits per heavy atom. The van der Waals surface area contributed by atoms with Crippen molar-refractivity contribution in [2.45, 2.75) is 57.5 Å². The summed E-state index contributed by atoms with van der Waals surface area (Å²) in [5.41, 5.74) is 4.43. The van der Waals surface area contributed by atoms with Crippen LogP contribution >= 0.6 is 11.6 Å². The average molecular weight is 450 g/mol. The fourth-order valence-electron chi connectivity index (χ4n) is 4.96. The van der Waals surface area contributed by atoms with E-state index in [1.54, 1.807) is 0 Å². The third kappa shape index (κ3) is 3.79. The fraction of sp³-hybridized carbons (Fsp3) is 0.385. The van der Waals surface area contributed by atoms with Crippen LogP contribution in [-0.4, -0.2) is 33.7 Å². The molecule has 2 aromatic carbocycles. The molecule has 1 aliphatic carbocycles. The van der Waals surface area contributed by atoms with Crippen molar-refractivity contribution in [3.8, 4) is 17.0 Å². The summed E-state index contributed by atoms with van der Waals surface area (Å²) in [4.78, 5) is 15.6. The third-order valence-electron chi connectivity index (χ3n) is 6.60. The second-order valence-electron chi connectivity index (χ2n) is 8.69. The van der Waals surface area contributed by atoms with Gasteiger partial charge in [-0.15, -0.1) is 0 Å². The van der Waals surface area contributed by atoms with Gasteiger partial charge in [0.2, 0.25) is 0 Å². The molecule has 1 aromatic heterocycles. The topological polar surface area (TPSA) is 58.2 Å². The molecule has 2 heterocycles. The van der Waals surface area contributed by atoms with Crippen LogP contribution in [0.2, 0.25) is 5.02 Å². The number of aromatic nitrogens is 2. The predicted molar refractivity (Wildman–Crippen MR) is 126 cm³/mol. The number of hydrogen-bond donors (Lipinski definition) is 1. The highest BCUT2D eigenvalue weighted by Crippen LogP contribution is 2.46. The largest absolute Gasteiger partial charge is 0.494 e. The number of benzene rings is 2. The summed E-state index contributed by atoms with van der Waals surface area (Å²) in [6.45, 7) is 2.88. The molecule has 1 saturated carbocycles. The van der Waals surface area contributed by atoms with E-state index < -0.39 is 0 Å². The van der Waals surface area contributed by atoms with E-state index in [2.05, 4.69) is 34.2 Å². The summed E-state index contributed by atoms with van der Waals surface area (Å²) >= 11 is 6.11. The molecule has 5 rings (SSSR count). The van der Waals surface area contributed by atoms with Gasteiger partial charge in [0, 0.05) is 22.2 Å². The first-order valence-electron chi connectivity index (χ1n) is 11.6. The number of aromatic amines is 1. The maximum Gasteiger partial charge on any atom is 0.273 e. The number of unbranched alkanes of at least 4 members (excludes halogenated alkanes) is 1. The maximum atomic E-state index is 13.5. The number of carbonyl (C=O) groups is 1. The molecular formula is C26H28ClN3O2. The van der Waals surface area contributed by atoms with E-state index in [0.29, 0.717) is 10.7 Å². The smallest absolute Gasteiger partial charge is 0.273 e. The normalized spacial score (nSPS) is 18.4. The van der Waals surface area contributed by atoms with Crippen LogP contribution in [0.25, 0.3) is 11.3 Å². The number of ether oxygens (including phenoxy) is 1. The zero-order chi connectivity index (χ0) is 22.1. The molecule has 1 atom stereocenters. The summed E-state index contributed by atoms with van der Waals surface area (Å²) in [7, 11) is 0. The Labute approximate surface area is 193 Å². The molecule has 3 aromatic rings. The molecule has 1 amide bonds. The van der Waals surface area contributed by atoms with E-state index in [4.69, 9.17) is 16.3 Å². The number of H-pyrrole nitrogens is 1. The van der Waals surface area contributed by atoms with Gasteiger partial charge in [0.25, 0.3) is 5.91 Å². The summed E-state index contributed by atoms with van der Waals surface area (Å²) in [5, 5.41) is 8.28. The molecule has 32 heavy (non-hydrogen) atoms. The minimum atomic E-state index is -0.158. The van der Waals surface area contributed by atoms with Gasteiger partial charge < -0.3 is 9.64 Å². The van der Waals surface area contributed by atoms with Crippen molar-refractivity contribution in [1.82, 2.24) is 15.1 Å². The van der Waals surface area contributed by atoms with Crippen molar-refractivity contribution in [1.29, 1.82) is 0 Å². The van der Waals surface area contributed by atoms with Gasteiger partial charge in [0.05, 0.1) is 18.3 Å². The van der Waals surface area contributed by atoms with E-state index in [1.165, 1.54) is 12.8 Å². The number of amides is 1. The quantitative estimate of drug-likeness (QED) is 0.425. The molecular weight excluding hydrogens is 422 g/mol. The van der Waals surface area contributed by atoms with Crippen LogP contribution in [-0.2, 0) is 0 Å². The third-order valence-corrected chi connectivity index (χ3v) is 6.85. The predicted octanol–water partition coefficient (Wildman–Crippen LogP) is 6.40. The SMILES string of the molecule is CCCCOc1ccc(C2c3c(-c4ccc(Cl)cc4)n[nH]c3C(=O)N2C2CCCC2)cc1. The molecule has 6 heteroatoms. The zero-order valence-corrected chi connectivity index (χ0v) is 19.1. The van der Waals surface area contributed by atoms with Crippen molar-refractivity contribution in [3.05, 3.63) is 70.4 Å². The number of hydrogen-bond acceptors (Lipinski definition) is 3. The van der Waals surface area contributed by atoms with Gasteiger partial charge in [-0.25, -0.2) is 0 Å². The molecule has 0 bridgehead atoms. The molecule has 0 saturated heterocycles. The molecule has 5 nitrogen and oxygen atoms in total. The van der Waals surface area contributed by atoms with Gasteiger partial charge in [0.1, 0.15) is 11.4 Å². The average Bonchev–Trinajstić information content (AvgIpc) is 3.53. The lowest BCUT2D eigenvalue weighted by atomic mass is 9.95. The second kappa shape index (κ2) is 8.99. The van der Waals surface area contributed by atoms with Crippen molar-refractivity contribution in [3.63, 3.8) is 0 Å². The molecule has 1 N–H and O–H groups in total. The number of rotatable bonds is 7. The first-order chi connectivity index (χ1) is 15.7. The lowest BCUT2D eigenvalue weighted by molar-refractivity contribution is 0.0660. The van der Waals surface area contributed by atoms with Gasteiger partial charge in [-0.2, -0.15) is 5.10 Å². The Morgan fingerprint density at radius 2 is 1.81 bits per heavy atom. The van der Waals surface area contributed by atoms with Crippen LogP contribution in [0.3, 0.4) is 0 Å². The summed E-state index contributed by atoms with van der Waals surface area (Å²) in [6, 6.07) is 16.0. The van der Waals surface area contributed by atoms with Crippen LogP contribution in [0.1, 0.15) is 73.1 Å². The monoisotopic (exact) mass is 449 g/mol. The molecule has 1 aliphatic heterocycles. The van der Waals surface area contributed by atoms with Gasteiger partial charge in [-0.1, -0.05) is 62.1 Å². The van der Waals surface area contributed by atoms with Crippen molar-refractivity contribution < 1.29 is 9.53 Å². The van der Waals surface area contributed by atoms with Crippen LogP contribution in [0.4, 0.5) is 0 Å². The minimum Gasteiger partial charge on any atom is -0.494 e. The molecule has 0 radical (unpaired) electrons. The highest BCUT2D eigenvalue weighted by atomic mass is 35.5. The van der Waals surface area contributed by atoms with Crippen LogP contribution in [0, 0.1) is 0 Å². The Balaban J connectivity index is 1.55. The zero-order valence-electron chi connectivity index (χ0n) is 18.3. The highest BCUT2D eigenvalue weighted by Gasteiger charge is 2.45. The molecule has 166 valence electrons. The number of fused-ring (bicyclic) bond motifs is 1. The lowest BCUT2D eigenvalue weighted by Gasteiger charge is -2.32. The van der Waals surface area contributed by atoms with Crippen molar-refractivity contribution in [2.24, 2.45) is 0 Å². The number of nitrogens with one attached hydrogen (secondary N) is 1. The molecule has 2 aliphatic rings. The van der Waals surface area contributed by atoms with E-state index in [0.717, 1.165) is 60.4 Å². The number of nitrogens with zero attached hydrogens (tertiary/aromatic N) is 2. The maximum absolute atomic E-state index is 13.5. The number of carbonyl (C=O) groups excluding carboxylic acids is 1. The summed E-state index contributed by atoms with van der Waals surface area (Å²) in [6.07, 6.45) is 6.58. The molecule has 0 spiro atoms. The van der Waals surface area contributed by atoms with Crippen molar-refractivity contribution >= 4 is 17.5 Å². The van der Waals surface area contributed by atoms with Crippen LogP contribution in [0.15, 0.2) is 48.5 Å². The molecule has 1 unspecified atom stereocenters. The highest BCUT2D eigenvalue weighted by molar-refractivity contribution is 6.30. The summed E-state index contributed by atoms with van der Waals surface area (Å²) in [5.74, 6) is 0.914. The Hall–Kier alpha value is -2.79. The standard InChI is InChI=1S/C26H28ClN3O2/c1-2-3-16-32-21-14-10-18(11-15-21)25-22-23(17-8-12-19(27)13-9-17)28-29-24(22)26(31)30(25)20-6-4-5-7-20/h8-15,20,25H,2-7,16H2,1H3,(H,28,29). The molecule has 1 fully saturated rings. The Bertz CT molecular complexity index is 1090. The van der Waals surface area contributed by atoms with E-state index >= 15 is 0 Å². The van der Waals surface area contributed by atoms with Gasteiger partial charge >= 0.3 is 0 Å². The van der Waals surface area contributed by atoms with Gasteiger partial charge in [0.15, 0.2) is 0 Å². The lowest BCUT2D eigenvalue weighted by Crippen LogP contribution is -2.37. The van der Waals surface area contributed by atoms with Gasteiger partial charge in [-0.3, -0.25) is 9.89 Å². The fourth-order valence-corrected chi connectivity index (χ4v) is 5.09. The summed E-state index contributed by atoms with van der Waals surface area (Å²) < 4.78 is 5.86. The number of halogens is 1. The van der Waals surface area contributed by atoms with Crippen molar-refractivity contribution in [2.75, 3.05) is 6.61 Å². The van der Waals surface area contributed by atoms with Crippen LogP contribution in [0.5, 0.6) is 5.75 Å². The van der Waals surface area contributed by atoms with Crippen LogP contribution < -0.4 is 4.74 Å². The first kappa shape index (κ1) is 21.1. The Kier molecular flexibility index (Phi) is 5.92. The van der Waals surface area contributed by atoms with Gasteiger partial charge in [-0.05, 0) is 49.1 Å². The van der Waals surface area contributed by atoms with E-state index in [9.17, 15) is 4.79 Å².